The van der Waals surface area contributed by atoms with Crippen molar-refractivity contribution in [2.75, 3.05) is 33.0 Å². The molecule has 3 rings (SSSR count). The molecule has 31 heavy (non-hydrogen) atoms. The summed E-state index contributed by atoms with van der Waals surface area (Å²) in [5.41, 5.74) is 0.899. The van der Waals surface area contributed by atoms with Crippen molar-refractivity contribution in [2.45, 2.75) is 13.0 Å². The molecule has 3 N–H and O–H groups in total. The Hall–Kier alpha value is -3.36. The lowest BCUT2D eigenvalue weighted by molar-refractivity contribution is -0.140. The highest BCUT2D eigenvalue weighted by Crippen LogP contribution is 2.39. The molecule has 2 aromatic carbocycles. The molecule has 1 heterocycles. The number of phenolic OH excluding ortho intramolecular Hbond substituents is 1. The number of likely N-dealkylation sites (tertiary alicyclic amines) is 1. The van der Waals surface area contributed by atoms with Crippen LogP contribution in [0, 0.1) is 0 Å². The van der Waals surface area contributed by atoms with E-state index >= 15 is 0 Å². The highest BCUT2D eigenvalue weighted by molar-refractivity contribution is 6.46. The number of aliphatic hydroxyl groups is 2. The average molecular weight is 427 g/mol. The van der Waals surface area contributed by atoms with E-state index in [1.54, 1.807) is 36.4 Å². The second kappa shape index (κ2) is 10.1. The van der Waals surface area contributed by atoms with E-state index in [2.05, 4.69) is 0 Å². The first-order valence-electron chi connectivity index (χ1n) is 9.97. The molecule has 1 aliphatic rings. The topological polar surface area (TPSA) is 117 Å². The van der Waals surface area contributed by atoms with Gasteiger partial charge in [-0.15, -0.1) is 0 Å². The number of aliphatic hydroxyl groups excluding tert-OH is 2. The van der Waals surface area contributed by atoms with Crippen LogP contribution < -0.4 is 4.74 Å². The summed E-state index contributed by atoms with van der Waals surface area (Å²) in [6, 6.07) is 11.8. The van der Waals surface area contributed by atoms with Crippen molar-refractivity contribution in [3.8, 4) is 11.5 Å². The number of aromatic hydroxyl groups is 1. The highest BCUT2D eigenvalue weighted by Gasteiger charge is 2.45. The molecule has 8 heteroatoms. The van der Waals surface area contributed by atoms with Gasteiger partial charge in [0.1, 0.15) is 17.3 Å². The Labute approximate surface area is 180 Å². The van der Waals surface area contributed by atoms with Crippen molar-refractivity contribution in [1.82, 2.24) is 4.90 Å². The van der Waals surface area contributed by atoms with Crippen LogP contribution in [0.5, 0.6) is 11.5 Å². The summed E-state index contributed by atoms with van der Waals surface area (Å²) < 4.78 is 10.7. The number of carbonyl (C=O) groups is 2. The average Bonchev–Trinajstić information content (AvgIpc) is 3.02. The molecule has 8 nitrogen and oxygen atoms in total. The molecule has 1 aliphatic heterocycles. The normalized spacial score (nSPS) is 17.9. The van der Waals surface area contributed by atoms with Gasteiger partial charge in [-0.2, -0.15) is 0 Å². The molecule has 0 radical (unpaired) electrons. The summed E-state index contributed by atoms with van der Waals surface area (Å²) in [5.74, 6) is -1.18. The Bertz CT molecular complexity index is 951. The summed E-state index contributed by atoms with van der Waals surface area (Å²) in [4.78, 5) is 27.0. The minimum Gasteiger partial charge on any atom is -0.508 e. The Balaban J connectivity index is 2.02. The second-order valence-electron chi connectivity index (χ2n) is 6.88. The van der Waals surface area contributed by atoms with Crippen LogP contribution in [0.1, 0.15) is 24.1 Å². The van der Waals surface area contributed by atoms with E-state index in [4.69, 9.17) is 14.6 Å². The predicted molar refractivity (Wildman–Crippen MR) is 113 cm³/mol. The molecule has 1 amide bonds. The first-order valence-corrected chi connectivity index (χ1v) is 9.97. The summed E-state index contributed by atoms with van der Waals surface area (Å²) >= 11 is 0. The largest absolute Gasteiger partial charge is 0.508 e. The van der Waals surface area contributed by atoms with Crippen molar-refractivity contribution in [3.63, 3.8) is 0 Å². The monoisotopic (exact) mass is 427 g/mol. The third-order valence-corrected chi connectivity index (χ3v) is 4.90. The lowest BCUT2D eigenvalue weighted by Crippen LogP contribution is -2.33. The zero-order valence-electron chi connectivity index (χ0n) is 17.2. The number of nitrogens with zero attached hydrogens (tertiary/aromatic N) is 1. The predicted octanol–water partition coefficient (Wildman–Crippen LogP) is 2.22. The van der Waals surface area contributed by atoms with Crippen molar-refractivity contribution in [1.29, 1.82) is 0 Å². The van der Waals surface area contributed by atoms with E-state index in [1.807, 2.05) is 6.92 Å². The third-order valence-electron chi connectivity index (χ3n) is 4.90. The van der Waals surface area contributed by atoms with Gasteiger partial charge in [-0.25, -0.2) is 0 Å². The van der Waals surface area contributed by atoms with E-state index in [9.17, 15) is 19.8 Å². The maximum Gasteiger partial charge on any atom is 0.295 e. The van der Waals surface area contributed by atoms with Crippen LogP contribution in [-0.4, -0.2) is 64.9 Å². The first kappa shape index (κ1) is 22.3. The van der Waals surface area contributed by atoms with Crippen molar-refractivity contribution < 1.29 is 34.4 Å². The molecule has 1 saturated heterocycles. The lowest BCUT2D eigenvalue weighted by Gasteiger charge is -2.25. The fourth-order valence-corrected chi connectivity index (χ4v) is 3.47. The molecule has 164 valence electrons. The Morgan fingerprint density at radius 3 is 2.32 bits per heavy atom. The highest BCUT2D eigenvalue weighted by atomic mass is 16.5. The van der Waals surface area contributed by atoms with Crippen LogP contribution in [0.4, 0.5) is 0 Å². The number of ether oxygens (including phenoxy) is 2. The van der Waals surface area contributed by atoms with Gasteiger partial charge >= 0.3 is 0 Å². The van der Waals surface area contributed by atoms with Gasteiger partial charge in [-0.1, -0.05) is 12.1 Å². The van der Waals surface area contributed by atoms with Crippen LogP contribution >= 0.6 is 0 Å². The van der Waals surface area contributed by atoms with Gasteiger partial charge in [-0.05, 0) is 48.9 Å². The van der Waals surface area contributed by atoms with Crippen molar-refractivity contribution >= 4 is 17.4 Å². The van der Waals surface area contributed by atoms with Crippen LogP contribution in [0.3, 0.4) is 0 Å². The molecule has 0 saturated carbocycles. The van der Waals surface area contributed by atoms with Crippen LogP contribution in [-0.2, 0) is 14.3 Å². The fraction of sp³-hybridized carbons (Fsp3) is 0.304. The van der Waals surface area contributed by atoms with Crippen LogP contribution in [0.2, 0.25) is 0 Å². The van der Waals surface area contributed by atoms with Crippen LogP contribution in [0.25, 0.3) is 5.76 Å². The molecule has 2 aromatic rings. The number of Topliss-reactive ketones (excluding diaryl/α,β-unsaturated/α-hetero) is 1. The summed E-state index contributed by atoms with van der Waals surface area (Å²) in [6.45, 7) is 2.52. The first-order chi connectivity index (χ1) is 15.0. The standard InChI is InChI=1S/C23H25NO7/c1-2-31-18-9-5-16(6-10-18)21(27)19-20(15-3-7-17(26)8-4-15)24(23(29)22(19)28)11-13-30-14-12-25/h3-10,20,25-27H,2,11-14H2,1H3/b21-19+. The maximum atomic E-state index is 12.9. The number of hydrogen-bond acceptors (Lipinski definition) is 7. The number of amides is 1. The minimum atomic E-state index is -0.843. The number of ketones is 1. The number of benzene rings is 2. The van der Waals surface area contributed by atoms with E-state index < -0.39 is 17.7 Å². The quantitative estimate of drug-likeness (QED) is 0.243. The van der Waals surface area contributed by atoms with Gasteiger partial charge in [0.25, 0.3) is 11.7 Å². The van der Waals surface area contributed by atoms with Crippen LogP contribution in [0.15, 0.2) is 54.1 Å². The van der Waals surface area contributed by atoms with Crippen molar-refractivity contribution in [3.05, 3.63) is 65.2 Å². The molecular weight excluding hydrogens is 402 g/mol. The lowest BCUT2D eigenvalue weighted by atomic mass is 9.95. The minimum absolute atomic E-state index is 0.0398. The molecule has 0 spiro atoms. The summed E-state index contributed by atoms with van der Waals surface area (Å²) in [5, 5.41) is 29.5. The smallest absolute Gasteiger partial charge is 0.295 e. The molecule has 1 fully saturated rings. The third kappa shape index (κ3) is 4.87. The van der Waals surface area contributed by atoms with Gasteiger partial charge in [0.15, 0.2) is 0 Å². The van der Waals surface area contributed by atoms with Crippen molar-refractivity contribution in [2.24, 2.45) is 0 Å². The molecule has 0 aliphatic carbocycles. The molecule has 1 unspecified atom stereocenters. The fourth-order valence-electron chi connectivity index (χ4n) is 3.47. The van der Waals surface area contributed by atoms with Gasteiger partial charge in [0, 0.05) is 12.1 Å². The second-order valence-corrected chi connectivity index (χ2v) is 6.88. The number of hydrogen-bond donors (Lipinski definition) is 3. The SMILES string of the molecule is CCOc1ccc(/C(O)=C2\C(=O)C(=O)N(CCOCCO)C2c2ccc(O)cc2)cc1. The molecule has 1 atom stereocenters. The maximum absolute atomic E-state index is 12.9. The van der Waals surface area contributed by atoms with E-state index in [0.717, 1.165) is 0 Å². The van der Waals surface area contributed by atoms with Gasteiger partial charge < -0.3 is 29.7 Å². The summed E-state index contributed by atoms with van der Waals surface area (Å²) in [6.07, 6.45) is 0. The van der Waals surface area contributed by atoms with Gasteiger partial charge in [0.05, 0.1) is 38.0 Å². The van der Waals surface area contributed by atoms with E-state index in [0.29, 0.717) is 23.5 Å². The Kier molecular flexibility index (Phi) is 7.28. The number of rotatable bonds is 9. The van der Waals surface area contributed by atoms with E-state index in [-0.39, 0.29) is 43.4 Å². The molecule has 0 bridgehead atoms. The number of phenols is 1. The zero-order chi connectivity index (χ0) is 22.4. The van der Waals surface area contributed by atoms with Gasteiger partial charge in [0.2, 0.25) is 0 Å². The molecule has 0 aromatic heterocycles. The Morgan fingerprint density at radius 1 is 1.03 bits per heavy atom. The zero-order valence-corrected chi connectivity index (χ0v) is 17.2. The Morgan fingerprint density at radius 2 is 1.71 bits per heavy atom. The van der Waals surface area contributed by atoms with E-state index in [1.165, 1.54) is 17.0 Å². The molecular formula is C23H25NO7. The summed E-state index contributed by atoms with van der Waals surface area (Å²) in [7, 11) is 0. The number of carbonyl (C=O) groups excluding carboxylic acids is 2. The van der Waals surface area contributed by atoms with Gasteiger partial charge in [-0.3, -0.25) is 9.59 Å².